The second-order valence-electron chi connectivity index (χ2n) is 7.01. The molecule has 1 aliphatic rings. The van der Waals surface area contributed by atoms with Crippen LogP contribution in [0.3, 0.4) is 0 Å². The van der Waals surface area contributed by atoms with Crippen molar-refractivity contribution in [3.63, 3.8) is 0 Å². The SMILES string of the molecule is CCOC(=O)C(C)(C)Cc1cc(C2CC2)cc2cc(CN)nn12. The van der Waals surface area contributed by atoms with Gasteiger partial charge < -0.3 is 10.5 Å². The molecule has 2 N–H and O–H groups in total. The number of pyridine rings is 1. The summed E-state index contributed by atoms with van der Waals surface area (Å²) in [5.41, 5.74) is 9.47. The second kappa shape index (κ2) is 5.96. The molecule has 0 spiro atoms. The van der Waals surface area contributed by atoms with E-state index in [9.17, 15) is 4.79 Å². The van der Waals surface area contributed by atoms with Gasteiger partial charge in [-0.2, -0.15) is 5.10 Å². The van der Waals surface area contributed by atoms with E-state index in [-0.39, 0.29) is 5.97 Å². The van der Waals surface area contributed by atoms with Crippen molar-refractivity contribution < 1.29 is 9.53 Å². The van der Waals surface area contributed by atoms with Gasteiger partial charge in [0.15, 0.2) is 0 Å². The third-order valence-corrected chi connectivity index (χ3v) is 4.42. The first-order valence-electron chi connectivity index (χ1n) is 8.33. The standard InChI is InChI=1S/C18H25N3O2/c1-4-23-17(22)18(2,3)10-16-8-13(12-5-6-12)7-15-9-14(11-19)20-21(15)16/h7-9,12H,4-6,10-11,19H2,1-3H3. The molecule has 0 bridgehead atoms. The number of aromatic nitrogens is 2. The Balaban J connectivity index is 2.00. The Morgan fingerprint density at radius 3 is 2.74 bits per heavy atom. The van der Waals surface area contributed by atoms with Crippen molar-refractivity contribution in [3.05, 3.63) is 35.2 Å². The molecule has 2 heterocycles. The minimum Gasteiger partial charge on any atom is -0.466 e. The molecule has 0 atom stereocenters. The summed E-state index contributed by atoms with van der Waals surface area (Å²) in [4.78, 5) is 12.2. The van der Waals surface area contributed by atoms with Crippen LogP contribution in [-0.4, -0.2) is 22.2 Å². The molecule has 2 aromatic heterocycles. The normalized spacial score (nSPS) is 15.1. The summed E-state index contributed by atoms with van der Waals surface area (Å²) in [6, 6.07) is 6.43. The van der Waals surface area contributed by atoms with E-state index in [2.05, 4.69) is 17.2 Å². The van der Waals surface area contributed by atoms with Crippen molar-refractivity contribution in [1.82, 2.24) is 9.61 Å². The van der Waals surface area contributed by atoms with E-state index >= 15 is 0 Å². The molecule has 0 unspecified atom stereocenters. The largest absolute Gasteiger partial charge is 0.466 e. The van der Waals surface area contributed by atoms with E-state index in [1.165, 1.54) is 18.4 Å². The zero-order valence-corrected chi connectivity index (χ0v) is 14.1. The number of carbonyl (C=O) groups excluding carboxylic acids is 1. The number of rotatable bonds is 6. The quantitative estimate of drug-likeness (QED) is 0.832. The van der Waals surface area contributed by atoms with Crippen LogP contribution in [0, 0.1) is 5.41 Å². The topological polar surface area (TPSA) is 69.6 Å². The average molecular weight is 315 g/mol. The van der Waals surface area contributed by atoms with E-state index in [0.29, 0.717) is 25.5 Å². The predicted octanol–water partition coefficient (Wildman–Crippen LogP) is 2.80. The number of nitrogens with two attached hydrogens (primary N) is 1. The number of hydrogen-bond acceptors (Lipinski definition) is 4. The van der Waals surface area contributed by atoms with Crippen molar-refractivity contribution in [2.24, 2.45) is 11.1 Å². The Kier molecular flexibility index (Phi) is 4.15. The maximum Gasteiger partial charge on any atom is 0.311 e. The highest BCUT2D eigenvalue weighted by Gasteiger charge is 2.32. The number of ether oxygens (including phenoxy) is 1. The molecular weight excluding hydrogens is 290 g/mol. The van der Waals surface area contributed by atoms with Crippen LogP contribution in [0.1, 0.15) is 56.5 Å². The zero-order valence-electron chi connectivity index (χ0n) is 14.1. The third kappa shape index (κ3) is 3.24. The lowest BCUT2D eigenvalue weighted by molar-refractivity contribution is -0.153. The van der Waals surface area contributed by atoms with Crippen LogP contribution < -0.4 is 5.73 Å². The van der Waals surface area contributed by atoms with Crippen LogP contribution in [0.25, 0.3) is 5.52 Å². The van der Waals surface area contributed by atoms with Crippen molar-refractivity contribution in [3.8, 4) is 0 Å². The number of nitrogens with zero attached hydrogens (tertiary/aromatic N) is 2. The van der Waals surface area contributed by atoms with E-state index in [0.717, 1.165) is 16.9 Å². The monoisotopic (exact) mass is 315 g/mol. The van der Waals surface area contributed by atoms with Gasteiger partial charge in [0, 0.05) is 18.7 Å². The van der Waals surface area contributed by atoms with Gasteiger partial charge in [0.1, 0.15) is 0 Å². The minimum atomic E-state index is -0.583. The predicted molar refractivity (Wildman–Crippen MR) is 89.2 cm³/mol. The lowest BCUT2D eigenvalue weighted by atomic mass is 9.87. The summed E-state index contributed by atoms with van der Waals surface area (Å²) in [5, 5.41) is 4.58. The molecule has 0 radical (unpaired) electrons. The van der Waals surface area contributed by atoms with Gasteiger partial charge in [-0.25, -0.2) is 4.52 Å². The molecule has 124 valence electrons. The Morgan fingerprint density at radius 2 is 2.13 bits per heavy atom. The average Bonchev–Trinajstić information content (AvgIpc) is 3.26. The molecule has 0 amide bonds. The van der Waals surface area contributed by atoms with Gasteiger partial charge in [0.25, 0.3) is 0 Å². The molecule has 1 saturated carbocycles. The first-order chi connectivity index (χ1) is 10.9. The third-order valence-electron chi connectivity index (χ3n) is 4.42. The Hall–Kier alpha value is -1.88. The Bertz CT molecular complexity index is 729. The van der Waals surface area contributed by atoms with Gasteiger partial charge in [-0.05, 0) is 63.3 Å². The molecule has 5 heteroatoms. The molecule has 1 aliphatic carbocycles. The van der Waals surface area contributed by atoms with E-state index in [4.69, 9.17) is 10.5 Å². The van der Waals surface area contributed by atoms with Crippen LogP contribution in [0.15, 0.2) is 18.2 Å². The fourth-order valence-electron chi connectivity index (χ4n) is 2.98. The maximum absolute atomic E-state index is 12.2. The fourth-order valence-corrected chi connectivity index (χ4v) is 2.98. The molecule has 3 rings (SSSR count). The first-order valence-corrected chi connectivity index (χ1v) is 8.33. The van der Waals surface area contributed by atoms with E-state index < -0.39 is 5.41 Å². The highest BCUT2D eigenvalue weighted by atomic mass is 16.5. The Labute approximate surface area is 136 Å². The van der Waals surface area contributed by atoms with Crippen molar-refractivity contribution in [2.45, 2.75) is 52.5 Å². The highest BCUT2D eigenvalue weighted by Crippen LogP contribution is 2.41. The van der Waals surface area contributed by atoms with E-state index in [1.807, 2.05) is 31.4 Å². The molecule has 0 aromatic carbocycles. The number of hydrogen-bond donors (Lipinski definition) is 1. The van der Waals surface area contributed by atoms with Gasteiger partial charge >= 0.3 is 5.97 Å². The van der Waals surface area contributed by atoms with E-state index in [1.54, 1.807) is 0 Å². The van der Waals surface area contributed by atoms with Gasteiger partial charge in [-0.1, -0.05) is 0 Å². The van der Waals surface area contributed by atoms with Crippen LogP contribution in [0.2, 0.25) is 0 Å². The molecule has 1 fully saturated rings. The van der Waals surface area contributed by atoms with Crippen LogP contribution in [-0.2, 0) is 22.5 Å². The van der Waals surface area contributed by atoms with Gasteiger partial charge in [0.2, 0.25) is 0 Å². The summed E-state index contributed by atoms with van der Waals surface area (Å²) in [5.74, 6) is 0.483. The minimum absolute atomic E-state index is 0.170. The Morgan fingerprint density at radius 1 is 1.39 bits per heavy atom. The van der Waals surface area contributed by atoms with Gasteiger partial charge in [0.05, 0.1) is 23.2 Å². The van der Waals surface area contributed by atoms with Crippen molar-refractivity contribution in [2.75, 3.05) is 6.61 Å². The molecule has 23 heavy (non-hydrogen) atoms. The number of carbonyl (C=O) groups is 1. The highest BCUT2D eigenvalue weighted by molar-refractivity contribution is 5.76. The van der Waals surface area contributed by atoms with Crippen LogP contribution in [0.5, 0.6) is 0 Å². The summed E-state index contributed by atoms with van der Waals surface area (Å²) < 4.78 is 7.14. The molecular formula is C18H25N3O2. The number of esters is 1. The lowest BCUT2D eigenvalue weighted by Crippen LogP contribution is -2.30. The summed E-state index contributed by atoms with van der Waals surface area (Å²) in [6.45, 7) is 6.50. The van der Waals surface area contributed by atoms with Crippen molar-refractivity contribution >= 4 is 11.5 Å². The fraction of sp³-hybridized carbons (Fsp3) is 0.556. The number of fused-ring (bicyclic) bond motifs is 1. The van der Waals surface area contributed by atoms with Crippen LogP contribution >= 0.6 is 0 Å². The van der Waals surface area contributed by atoms with Gasteiger partial charge in [-0.3, -0.25) is 4.79 Å². The summed E-state index contributed by atoms with van der Waals surface area (Å²) in [7, 11) is 0. The summed E-state index contributed by atoms with van der Waals surface area (Å²) in [6.07, 6.45) is 3.08. The summed E-state index contributed by atoms with van der Waals surface area (Å²) >= 11 is 0. The molecule has 5 nitrogen and oxygen atoms in total. The molecule has 2 aromatic rings. The van der Waals surface area contributed by atoms with Crippen molar-refractivity contribution in [1.29, 1.82) is 0 Å². The first kappa shape index (κ1) is 16.0. The molecule has 0 saturated heterocycles. The van der Waals surface area contributed by atoms with Gasteiger partial charge in [-0.15, -0.1) is 0 Å². The van der Waals surface area contributed by atoms with Crippen LogP contribution in [0.4, 0.5) is 0 Å². The smallest absolute Gasteiger partial charge is 0.311 e. The lowest BCUT2D eigenvalue weighted by Gasteiger charge is -2.23. The second-order valence-corrected chi connectivity index (χ2v) is 7.01. The molecule has 0 aliphatic heterocycles. The zero-order chi connectivity index (χ0) is 16.6. The maximum atomic E-state index is 12.2.